The molecule has 0 spiro atoms. The molecule has 0 aliphatic rings. The van der Waals surface area contributed by atoms with Crippen LogP contribution in [0.1, 0.15) is 17.2 Å². The fourth-order valence-electron chi connectivity index (χ4n) is 1.83. The van der Waals surface area contributed by atoms with Gasteiger partial charge in [0.25, 0.3) is 0 Å². The van der Waals surface area contributed by atoms with Gasteiger partial charge in [0.15, 0.2) is 0 Å². The number of aliphatic hydroxyl groups excluding tert-OH is 1. The van der Waals surface area contributed by atoms with E-state index in [9.17, 15) is 5.11 Å². The number of benzene rings is 2. The molecule has 0 heterocycles. The molecule has 0 aliphatic carbocycles. The fraction of sp³-hybridized carbons (Fsp3) is 0.200. The minimum Gasteiger partial charge on any atom is -0.387 e. The Hall–Kier alpha value is -1.22. The van der Waals surface area contributed by atoms with Crippen LogP contribution in [0.2, 0.25) is 10.0 Å². The van der Waals surface area contributed by atoms with Crippen molar-refractivity contribution < 1.29 is 5.11 Å². The van der Waals surface area contributed by atoms with Crippen LogP contribution in [0.3, 0.4) is 0 Å². The van der Waals surface area contributed by atoms with Crippen LogP contribution in [0.5, 0.6) is 0 Å². The van der Waals surface area contributed by atoms with Gasteiger partial charge in [-0.1, -0.05) is 53.0 Å². The molecule has 0 saturated carbocycles. The summed E-state index contributed by atoms with van der Waals surface area (Å²) in [4.78, 5) is 0. The Morgan fingerprint density at radius 3 is 2.63 bits per heavy atom. The standard InChI is InChI=1S/C15H15Cl2NO/c1-10-3-2-4-11(7-10)15(19)9-18-14-6-5-12(16)8-13(14)17/h2-8,15,18-19H,9H2,1H3. The average Bonchev–Trinajstić information content (AvgIpc) is 2.37. The Labute approximate surface area is 123 Å². The van der Waals surface area contributed by atoms with Crippen molar-refractivity contribution in [2.24, 2.45) is 0 Å². The van der Waals surface area contributed by atoms with E-state index in [2.05, 4.69) is 5.32 Å². The topological polar surface area (TPSA) is 32.3 Å². The van der Waals surface area contributed by atoms with Gasteiger partial charge in [-0.05, 0) is 30.7 Å². The van der Waals surface area contributed by atoms with Gasteiger partial charge in [0, 0.05) is 11.6 Å². The molecule has 1 atom stereocenters. The zero-order valence-electron chi connectivity index (χ0n) is 10.5. The predicted molar refractivity (Wildman–Crippen MR) is 81.1 cm³/mol. The summed E-state index contributed by atoms with van der Waals surface area (Å²) in [6.07, 6.45) is -0.577. The van der Waals surface area contributed by atoms with E-state index in [1.54, 1.807) is 18.2 Å². The lowest BCUT2D eigenvalue weighted by atomic mass is 10.1. The molecular weight excluding hydrogens is 281 g/mol. The van der Waals surface area contributed by atoms with Crippen molar-refractivity contribution in [3.05, 3.63) is 63.6 Å². The highest BCUT2D eigenvalue weighted by Gasteiger charge is 2.08. The molecule has 0 aromatic heterocycles. The molecule has 2 nitrogen and oxygen atoms in total. The lowest BCUT2D eigenvalue weighted by molar-refractivity contribution is 0.191. The Balaban J connectivity index is 2.02. The Bertz CT molecular complexity index is 572. The third-order valence-corrected chi connectivity index (χ3v) is 3.39. The van der Waals surface area contributed by atoms with E-state index in [1.807, 2.05) is 31.2 Å². The van der Waals surface area contributed by atoms with Crippen molar-refractivity contribution in [2.45, 2.75) is 13.0 Å². The molecule has 2 N–H and O–H groups in total. The highest BCUT2D eigenvalue weighted by molar-refractivity contribution is 6.36. The van der Waals surface area contributed by atoms with E-state index in [-0.39, 0.29) is 0 Å². The summed E-state index contributed by atoms with van der Waals surface area (Å²) in [5.41, 5.74) is 2.77. The number of nitrogens with one attached hydrogen (secondary N) is 1. The fourth-order valence-corrected chi connectivity index (χ4v) is 2.31. The summed E-state index contributed by atoms with van der Waals surface area (Å²) in [5.74, 6) is 0. The minimum absolute atomic E-state index is 0.394. The number of anilines is 1. The van der Waals surface area contributed by atoms with E-state index in [1.165, 1.54) is 0 Å². The lowest BCUT2D eigenvalue weighted by Gasteiger charge is -2.14. The maximum Gasteiger partial charge on any atom is 0.0962 e. The molecule has 0 radical (unpaired) electrons. The van der Waals surface area contributed by atoms with E-state index in [0.29, 0.717) is 16.6 Å². The molecule has 0 saturated heterocycles. The zero-order valence-corrected chi connectivity index (χ0v) is 12.0. The van der Waals surface area contributed by atoms with E-state index >= 15 is 0 Å². The molecule has 1 unspecified atom stereocenters. The zero-order chi connectivity index (χ0) is 13.8. The van der Waals surface area contributed by atoms with Crippen molar-refractivity contribution in [3.8, 4) is 0 Å². The molecule has 2 rings (SSSR count). The molecule has 0 fully saturated rings. The number of halogens is 2. The monoisotopic (exact) mass is 295 g/mol. The highest BCUT2D eigenvalue weighted by atomic mass is 35.5. The van der Waals surface area contributed by atoms with Gasteiger partial charge in [-0.15, -0.1) is 0 Å². The van der Waals surface area contributed by atoms with Crippen LogP contribution < -0.4 is 5.32 Å². The summed E-state index contributed by atoms with van der Waals surface area (Å²) < 4.78 is 0. The number of aryl methyl sites for hydroxylation is 1. The molecule has 0 bridgehead atoms. The van der Waals surface area contributed by atoms with Crippen molar-refractivity contribution in [3.63, 3.8) is 0 Å². The molecule has 2 aromatic rings. The van der Waals surface area contributed by atoms with Crippen LogP contribution in [0.4, 0.5) is 5.69 Å². The van der Waals surface area contributed by atoms with Gasteiger partial charge in [-0.25, -0.2) is 0 Å². The first-order valence-electron chi connectivity index (χ1n) is 6.00. The average molecular weight is 296 g/mol. The first-order valence-corrected chi connectivity index (χ1v) is 6.75. The van der Waals surface area contributed by atoms with E-state index < -0.39 is 6.10 Å². The SMILES string of the molecule is Cc1cccc(C(O)CNc2ccc(Cl)cc2Cl)c1. The summed E-state index contributed by atoms with van der Waals surface area (Å²) in [6.45, 7) is 2.39. The van der Waals surface area contributed by atoms with Gasteiger partial charge in [0.05, 0.1) is 16.8 Å². The summed E-state index contributed by atoms with van der Waals surface area (Å²) >= 11 is 11.9. The summed E-state index contributed by atoms with van der Waals surface area (Å²) in [7, 11) is 0. The van der Waals surface area contributed by atoms with E-state index in [0.717, 1.165) is 16.8 Å². The lowest BCUT2D eigenvalue weighted by Crippen LogP contribution is -2.12. The van der Waals surface area contributed by atoms with Crippen LogP contribution in [0, 0.1) is 6.92 Å². The summed E-state index contributed by atoms with van der Waals surface area (Å²) in [5, 5.41) is 14.4. The molecule has 4 heteroatoms. The largest absolute Gasteiger partial charge is 0.387 e. The van der Waals surface area contributed by atoms with Crippen LogP contribution in [-0.4, -0.2) is 11.7 Å². The van der Waals surface area contributed by atoms with Crippen molar-refractivity contribution in [2.75, 3.05) is 11.9 Å². The van der Waals surface area contributed by atoms with Gasteiger partial charge < -0.3 is 10.4 Å². The van der Waals surface area contributed by atoms with Crippen LogP contribution >= 0.6 is 23.2 Å². The predicted octanol–water partition coefficient (Wildman–Crippen LogP) is 4.45. The van der Waals surface area contributed by atoms with Gasteiger partial charge in [0.2, 0.25) is 0 Å². The molecule has 100 valence electrons. The normalized spacial score (nSPS) is 12.2. The first kappa shape index (κ1) is 14.2. The third kappa shape index (κ3) is 3.87. The number of aliphatic hydroxyl groups is 1. The van der Waals surface area contributed by atoms with Gasteiger partial charge >= 0.3 is 0 Å². The maximum atomic E-state index is 10.1. The Morgan fingerprint density at radius 1 is 1.16 bits per heavy atom. The molecular formula is C15H15Cl2NO. The smallest absolute Gasteiger partial charge is 0.0962 e. The second kappa shape index (κ2) is 6.29. The van der Waals surface area contributed by atoms with Gasteiger partial charge in [-0.3, -0.25) is 0 Å². The second-order valence-corrected chi connectivity index (χ2v) is 5.28. The van der Waals surface area contributed by atoms with Gasteiger partial charge in [0.1, 0.15) is 0 Å². The number of hydrogen-bond donors (Lipinski definition) is 2. The third-order valence-electron chi connectivity index (χ3n) is 2.84. The van der Waals surface area contributed by atoms with Crippen molar-refractivity contribution in [1.29, 1.82) is 0 Å². The quantitative estimate of drug-likeness (QED) is 0.873. The molecule has 2 aromatic carbocycles. The molecule has 0 aliphatic heterocycles. The van der Waals surface area contributed by atoms with Crippen LogP contribution in [0.15, 0.2) is 42.5 Å². The Kier molecular flexibility index (Phi) is 4.70. The van der Waals surface area contributed by atoms with Crippen molar-refractivity contribution in [1.82, 2.24) is 0 Å². The number of rotatable bonds is 4. The first-order chi connectivity index (χ1) is 9.06. The highest BCUT2D eigenvalue weighted by Crippen LogP contribution is 2.26. The Morgan fingerprint density at radius 2 is 1.95 bits per heavy atom. The maximum absolute atomic E-state index is 10.1. The van der Waals surface area contributed by atoms with Gasteiger partial charge in [-0.2, -0.15) is 0 Å². The number of hydrogen-bond acceptors (Lipinski definition) is 2. The van der Waals surface area contributed by atoms with Crippen LogP contribution in [-0.2, 0) is 0 Å². The van der Waals surface area contributed by atoms with Crippen molar-refractivity contribution >= 4 is 28.9 Å². The molecule has 19 heavy (non-hydrogen) atoms. The second-order valence-electron chi connectivity index (χ2n) is 4.44. The van der Waals surface area contributed by atoms with Crippen LogP contribution in [0.25, 0.3) is 0 Å². The molecule has 0 amide bonds. The van der Waals surface area contributed by atoms with E-state index in [4.69, 9.17) is 23.2 Å². The summed E-state index contributed by atoms with van der Waals surface area (Å²) in [6, 6.07) is 13.0. The minimum atomic E-state index is -0.577.